The van der Waals surface area contributed by atoms with Crippen molar-refractivity contribution < 1.29 is 14.7 Å². The van der Waals surface area contributed by atoms with Gasteiger partial charge in [-0.3, -0.25) is 14.6 Å². The molecule has 1 N–H and O–H groups in total. The van der Waals surface area contributed by atoms with E-state index in [-0.39, 0.29) is 17.9 Å². The van der Waals surface area contributed by atoms with E-state index in [1.165, 1.54) is 5.56 Å². The quantitative estimate of drug-likeness (QED) is 0.746. The van der Waals surface area contributed by atoms with Crippen molar-refractivity contribution in [2.24, 2.45) is 0 Å². The van der Waals surface area contributed by atoms with Crippen LogP contribution >= 0.6 is 0 Å². The fourth-order valence-corrected chi connectivity index (χ4v) is 4.91. The Morgan fingerprint density at radius 1 is 1.03 bits per heavy atom. The molecule has 1 aromatic heterocycles. The molecule has 1 aromatic carbocycles. The Bertz CT molecular complexity index is 874. The number of carbonyl (C=O) groups excluding carboxylic acids is 2. The molecular formula is C25H31N3O3. The second-order valence-electron chi connectivity index (χ2n) is 8.56. The normalized spacial score (nSPS) is 22.0. The van der Waals surface area contributed by atoms with Gasteiger partial charge in [0.1, 0.15) is 12.1 Å². The third-order valence-electron chi connectivity index (χ3n) is 6.53. The van der Waals surface area contributed by atoms with Crippen molar-refractivity contribution in [2.45, 2.75) is 63.1 Å². The number of benzene rings is 1. The number of aryl methyl sites for hydroxylation is 1. The van der Waals surface area contributed by atoms with Crippen LogP contribution in [-0.4, -0.2) is 56.9 Å². The third-order valence-corrected chi connectivity index (χ3v) is 6.53. The maximum atomic E-state index is 13.4. The lowest BCUT2D eigenvalue weighted by molar-refractivity contribution is -0.145. The fourth-order valence-electron chi connectivity index (χ4n) is 4.91. The summed E-state index contributed by atoms with van der Waals surface area (Å²) < 4.78 is 0. The van der Waals surface area contributed by atoms with Gasteiger partial charge < -0.3 is 14.9 Å². The van der Waals surface area contributed by atoms with E-state index in [0.29, 0.717) is 25.9 Å². The van der Waals surface area contributed by atoms with Gasteiger partial charge in [0.15, 0.2) is 0 Å². The van der Waals surface area contributed by atoms with Crippen molar-refractivity contribution in [1.82, 2.24) is 14.8 Å². The first-order chi connectivity index (χ1) is 15.1. The van der Waals surface area contributed by atoms with Gasteiger partial charge in [0.2, 0.25) is 11.8 Å². The molecule has 4 rings (SSSR count). The van der Waals surface area contributed by atoms with Crippen molar-refractivity contribution in [1.29, 1.82) is 0 Å². The molecule has 0 bridgehead atoms. The summed E-state index contributed by atoms with van der Waals surface area (Å²) in [6.45, 7) is 1.28. The van der Waals surface area contributed by atoms with Crippen LogP contribution in [-0.2, 0) is 16.0 Å². The Hall–Kier alpha value is -2.73. The summed E-state index contributed by atoms with van der Waals surface area (Å²) in [7, 11) is 0. The minimum atomic E-state index is -0.753. The number of aromatic nitrogens is 1. The standard InChI is InChI=1S/C25H31N3O3/c29-23(14-4-10-19-8-2-1-3-9-19)27-16-7-13-22(27)25(31)28-17-6-12-21(28)24(30)20-11-5-15-26-18-20/h1-3,5,8-9,11,15,18,21-22,24,30H,4,6-7,10,12-14,16-17H2/t21-,22-,24?/m0/s1. The first kappa shape index (κ1) is 21.5. The first-order valence-electron chi connectivity index (χ1n) is 11.4. The summed E-state index contributed by atoms with van der Waals surface area (Å²) in [5.74, 6) is 0.0506. The minimum absolute atomic E-state index is 0.0145. The monoisotopic (exact) mass is 421 g/mol. The topological polar surface area (TPSA) is 73.7 Å². The molecule has 1 unspecified atom stereocenters. The molecule has 6 heteroatoms. The van der Waals surface area contributed by atoms with E-state index in [0.717, 1.165) is 37.7 Å². The van der Waals surface area contributed by atoms with Crippen LogP contribution in [0.2, 0.25) is 0 Å². The van der Waals surface area contributed by atoms with Crippen LogP contribution in [0.15, 0.2) is 54.9 Å². The molecule has 2 aromatic rings. The molecule has 6 nitrogen and oxygen atoms in total. The number of hydrogen-bond donors (Lipinski definition) is 1. The summed E-state index contributed by atoms with van der Waals surface area (Å²) in [5.41, 5.74) is 1.96. The minimum Gasteiger partial charge on any atom is -0.386 e. The Morgan fingerprint density at radius 2 is 1.81 bits per heavy atom. The highest BCUT2D eigenvalue weighted by Gasteiger charge is 2.41. The van der Waals surface area contributed by atoms with Gasteiger partial charge in [-0.1, -0.05) is 36.4 Å². The van der Waals surface area contributed by atoms with E-state index in [1.807, 2.05) is 24.3 Å². The number of hydrogen-bond acceptors (Lipinski definition) is 4. The highest BCUT2D eigenvalue weighted by Crippen LogP contribution is 2.32. The van der Waals surface area contributed by atoms with Crippen molar-refractivity contribution in [2.75, 3.05) is 13.1 Å². The number of carbonyl (C=O) groups is 2. The Labute approximate surface area is 183 Å². The van der Waals surface area contributed by atoms with Crippen molar-refractivity contribution >= 4 is 11.8 Å². The van der Waals surface area contributed by atoms with E-state index in [9.17, 15) is 14.7 Å². The van der Waals surface area contributed by atoms with Gasteiger partial charge in [-0.15, -0.1) is 0 Å². The molecule has 2 aliphatic rings. The van der Waals surface area contributed by atoms with Crippen LogP contribution in [0.5, 0.6) is 0 Å². The molecule has 2 fully saturated rings. The molecule has 2 aliphatic heterocycles. The average Bonchev–Trinajstić information content (AvgIpc) is 3.49. The highest BCUT2D eigenvalue weighted by molar-refractivity contribution is 5.88. The number of likely N-dealkylation sites (tertiary alicyclic amines) is 2. The molecule has 0 saturated carbocycles. The van der Waals surface area contributed by atoms with Crippen LogP contribution in [0.3, 0.4) is 0 Å². The number of pyridine rings is 1. The van der Waals surface area contributed by atoms with Gasteiger partial charge in [-0.2, -0.15) is 0 Å². The van der Waals surface area contributed by atoms with Gasteiger partial charge in [-0.25, -0.2) is 0 Å². The van der Waals surface area contributed by atoms with Crippen LogP contribution in [0.4, 0.5) is 0 Å². The molecule has 3 heterocycles. The Kier molecular flexibility index (Phi) is 6.97. The van der Waals surface area contributed by atoms with Crippen LogP contribution in [0.25, 0.3) is 0 Å². The lowest BCUT2D eigenvalue weighted by atomic mass is 10.0. The van der Waals surface area contributed by atoms with Gasteiger partial charge in [0, 0.05) is 37.5 Å². The van der Waals surface area contributed by atoms with Gasteiger partial charge in [-0.05, 0) is 50.2 Å². The largest absolute Gasteiger partial charge is 0.386 e. The summed E-state index contributed by atoms with van der Waals surface area (Å²) in [4.78, 5) is 34.0. The van der Waals surface area contributed by atoms with Gasteiger partial charge in [0.25, 0.3) is 0 Å². The molecule has 164 valence electrons. The smallest absolute Gasteiger partial charge is 0.245 e. The second kappa shape index (κ2) is 10.1. The number of aliphatic hydroxyl groups excluding tert-OH is 1. The molecular weight excluding hydrogens is 390 g/mol. The van der Waals surface area contributed by atoms with E-state index < -0.39 is 12.1 Å². The van der Waals surface area contributed by atoms with Crippen molar-refractivity contribution in [3.8, 4) is 0 Å². The Morgan fingerprint density at radius 3 is 2.58 bits per heavy atom. The molecule has 0 spiro atoms. The third kappa shape index (κ3) is 4.96. The summed E-state index contributed by atoms with van der Waals surface area (Å²) in [6, 6.07) is 13.2. The van der Waals surface area contributed by atoms with Crippen LogP contribution in [0.1, 0.15) is 55.8 Å². The number of rotatable bonds is 7. The maximum Gasteiger partial charge on any atom is 0.245 e. The van der Waals surface area contributed by atoms with E-state index in [1.54, 1.807) is 28.3 Å². The van der Waals surface area contributed by atoms with Crippen molar-refractivity contribution in [3.05, 3.63) is 66.0 Å². The predicted octanol–water partition coefficient (Wildman–Crippen LogP) is 3.12. The SMILES string of the molecule is O=C(CCCc1ccccc1)N1CCC[C@H]1C(=O)N1CCC[C@H]1C(O)c1cccnc1. The van der Waals surface area contributed by atoms with Crippen LogP contribution in [0, 0.1) is 0 Å². The Balaban J connectivity index is 1.37. The first-order valence-corrected chi connectivity index (χ1v) is 11.4. The van der Waals surface area contributed by atoms with Gasteiger partial charge >= 0.3 is 0 Å². The molecule has 2 saturated heterocycles. The zero-order valence-electron chi connectivity index (χ0n) is 17.9. The predicted molar refractivity (Wildman–Crippen MR) is 118 cm³/mol. The maximum absolute atomic E-state index is 13.4. The second-order valence-corrected chi connectivity index (χ2v) is 8.56. The summed E-state index contributed by atoms with van der Waals surface area (Å²) >= 11 is 0. The lowest BCUT2D eigenvalue weighted by Gasteiger charge is -2.33. The molecule has 0 aliphatic carbocycles. The van der Waals surface area contributed by atoms with Crippen molar-refractivity contribution in [3.63, 3.8) is 0 Å². The van der Waals surface area contributed by atoms with E-state index in [2.05, 4.69) is 17.1 Å². The fraction of sp³-hybridized carbons (Fsp3) is 0.480. The van der Waals surface area contributed by atoms with Gasteiger partial charge in [0.05, 0.1) is 6.04 Å². The molecule has 31 heavy (non-hydrogen) atoms. The summed E-state index contributed by atoms with van der Waals surface area (Å²) in [6.07, 6.45) is 7.87. The zero-order chi connectivity index (χ0) is 21.6. The van der Waals surface area contributed by atoms with E-state index in [4.69, 9.17) is 0 Å². The molecule has 3 atom stereocenters. The zero-order valence-corrected chi connectivity index (χ0v) is 17.9. The number of nitrogens with zero attached hydrogens (tertiary/aromatic N) is 3. The highest BCUT2D eigenvalue weighted by atomic mass is 16.3. The number of aliphatic hydroxyl groups is 1. The lowest BCUT2D eigenvalue weighted by Crippen LogP contribution is -2.50. The molecule has 2 amide bonds. The molecule has 0 radical (unpaired) electrons. The van der Waals surface area contributed by atoms with Crippen LogP contribution < -0.4 is 0 Å². The average molecular weight is 422 g/mol. The summed E-state index contributed by atoms with van der Waals surface area (Å²) in [5, 5.41) is 10.9. The van der Waals surface area contributed by atoms with E-state index >= 15 is 0 Å². The number of amides is 2.